The second-order valence-electron chi connectivity index (χ2n) is 4.02. The summed E-state index contributed by atoms with van der Waals surface area (Å²) in [5, 5.41) is 3.61. The third kappa shape index (κ3) is 1.23. The Hall–Kier alpha value is -0.350. The Kier molecular flexibility index (Phi) is 1.73. The molecule has 1 aliphatic heterocycles. The number of fused-ring (bicyclic) bond motifs is 1. The average molecular weight is 242 g/mol. The highest BCUT2D eigenvalue weighted by Gasteiger charge is 2.41. The van der Waals surface area contributed by atoms with Crippen LogP contribution in [0.15, 0.2) is 10.8 Å². The first-order chi connectivity index (χ1) is 6.33. The van der Waals surface area contributed by atoms with Crippen molar-refractivity contribution < 1.29 is 0 Å². The van der Waals surface area contributed by atoms with Crippen molar-refractivity contribution in [3.63, 3.8) is 0 Å². The number of halogens is 1. The molecule has 0 spiro atoms. The van der Waals surface area contributed by atoms with Crippen LogP contribution in [0.1, 0.15) is 31.1 Å². The van der Waals surface area contributed by atoms with E-state index in [4.69, 9.17) is 0 Å². The lowest BCUT2D eigenvalue weighted by molar-refractivity contribution is 0.276. The topological polar surface area (TPSA) is 40.7 Å². The van der Waals surface area contributed by atoms with Gasteiger partial charge in [0, 0.05) is 6.04 Å². The maximum absolute atomic E-state index is 4.33. The fourth-order valence-electron chi connectivity index (χ4n) is 2.38. The fourth-order valence-corrected chi connectivity index (χ4v) is 2.69. The van der Waals surface area contributed by atoms with Crippen molar-refractivity contribution in [1.29, 1.82) is 0 Å². The molecule has 2 aliphatic rings. The van der Waals surface area contributed by atoms with Crippen LogP contribution in [0.5, 0.6) is 0 Å². The molecule has 1 saturated heterocycles. The van der Waals surface area contributed by atoms with Gasteiger partial charge in [-0.15, -0.1) is 0 Å². The number of rotatable bonds is 1. The number of nitrogens with one attached hydrogen (secondary N) is 2. The van der Waals surface area contributed by atoms with Crippen LogP contribution in [0.3, 0.4) is 0 Å². The van der Waals surface area contributed by atoms with Gasteiger partial charge in [-0.25, -0.2) is 4.98 Å². The highest BCUT2D eigenvalue weighted by atomic mass is 79.9. The van der Waals surface area contributed by atoms with Crippen molar-refractivity contribution in [1.82, 2.24) is 15.3 Å². The maximum atomic E-state index is 4.33. The Labute approximate surface area is 85.5 Å². The summed E-state index contributed by atoms with van der Waals surface area (Å²) < 4.78 is 0.976. The van der Waals surface area contributed by atoms with E-state index in [1.807, 2.05) is 6.20 Å². The van der Waals surface area contributed by atoms with Gasteiger partial charge >= 0.3 is 0 Å². The van der Waals surface area contributed by atoms with Gasteiger partial charge in [0.25, 0.3) is 0 Å². The number of hydrogen-bond donors (Lipinski definition) is 2. The number of aromatic nitrogens is 2. The number of imidazole rings is 1. The van der Waals surface area contributed by atoms with Crippen molar-refractivity contribution in [3.05, 3.63) is 16.6 Å². The predicted molar refractivity (Wildman–Crippen MR) is 53.3 cm³/mol. The standard InChI is InChI=1S/C9H12BrN3/c10-8-4-11-9(13-8)7-3-5-1-2-6(5)12-7/h4-7,12H,1-3H2,(H,11,13). The van der Waals surface area contributed by atoms with E-state index in [1.54, 1.807) is 0 Å². The second-order valence-corrected chi connectivity index (χ2v) is 4.87. The molecule has 1 aromatic heterocycles. The Morgan fingerprint density at radius 3 is 2.85 bits per heavy atom. The van der Waals surface area contributed by atoms with Gasteiger partial charge in [0.15, 0.2) is 0 Å². The van der Waals surface area contributed by atoms with E-state index in [9.17, 15) is 0 Å². The monoisotopic (exact) mass is 241 g/mol. The van der Waals surface area contributed by atoms with Crippen LogP contribution in [0.2, 0.25) is 0 Å². The van der Waals surface area contributed by atoms with Crippen LogP contribution in [0.4, 0.5) is 0 Å². The summed E-state index contributed by atoms with van der Waals surface area (Å²) >= 11 is 3.38. The van der Waals surface area contributed by atoms with Gasteiger partial charge in [-0.05, 0) is 41.1 Å². The predicted octanol–water partition coefficient (Wildman–Crippen LogP) is 1.99. The zero-order chi connectivity index (χ0) is 8.84. The lowest BCUT2D eigenvalue weighted by Crippen LogP contribution is -2.35. The van der Waals surface area contributed by atoms with E-state index >= 15 is 0 Å². The van der Waals surface area contributed by atoms with Crippen molar-refractivity contribution >= 4 is 15.9 Å². The number of H-pyrrole nitrogens is 1. The summed E-state index contributed by atoms with van der Waals surface area (Å²) in [4.78, 5) is 7.56. The van der Waals surface area contributed by atoms with Gasteiger partial charge in [0.2, 0.25) is 0 Å². The molecule has 0 bridgehead atoms. The quantitative estimate of drug-likeness (QED) is 0.790. The Balaban J connectivity index is 1.79. The second kappa shape index (κ2) is 2.82. The highest BCUT2D eigenvalue weighted by Crippen LogP contribution is 2.41. The van der Waals surface area contributed by atoms with Crippen LogP contribution >= 0.6 is 15.9 Å². The third-order valence-corrected chi connectivity index (χ3v) is 3.67. The zero-order valence-corrected chi connectivity index (χ0v) is 8.84. The number of hydrogen-bond acceptors (Lipinski definition) is 2. The molecule has 1 saturated carbocycles. The largest absolute Gasteiger partial charge is 0.335 e. The minimum absolute atomic E-state index is 0.462. The first-order valence-electron chi connectivity index (χ1n) is 4.79. The van der Waals surface area contributed by atoms with Crippen LogP contribution in [0.25, 0.3) is 0 Å². The summed E-state index contributed by atoms with van der Waals surface area (Å²) in [6.07, 6.45) is 5.83. The molecule has 2 N–H and O–H groups in total. The average Bonchev–Trinajstić information content (AvgIpc) is 2.59. The minimum Gasteiger partial charge on any atom is -0.335 e. The van der Waals surface area contributed by atoms with Gasteiger partial charge in [0.05, 0.1) is 12.2 Å². The third-order valence-electron chi connectivity index (χ3n) is 3.27. The molecule has 3 unspecified atom stereocenters. The molecule has 3 atom stereocenters. The molecule has 0 aromatic carbocycles. The molecule has 1 aliphatic carbocycles. The van der Waals surface area contributed by atoms with E-state index in [0.717, 1.165) is 22.4 Å². The van der Waals surface area contributed by atoms with E-state index in [2.05, 4.69) is 31.2 Å². The Morgan fingerprint density at radius 1 is 1.46 bits per heavy atom. The van der Waals surface area contributed by atoms with Gasteiger partial charge in [-0.1, -0.05) is 0 Å². The molecule has 3 rings (SSSR count). The molecule has 13 heavy (non-hydrogen) atoms. The molecule has 0 radical (unpaired) electrons. The van der Waals surface area contributed by atoms with Crippen molar-refractivity contribution in [2.45, 2.75) is 31.3 Å². The van der Waals surface area contributed by atoms with Crippen LogP contribution in [-0.4, -0.2) is 16.0 Å². The SMILES string of the molecule is Brc1cnc(C2CC3CCC3N2)[nH]1. The molecule has 1 aromatic rings. The Bertz CT molecular complexity index is 310. The lowest BCUT2D eigenvalue weighted by Gasteiger charge is -2.29. The van der Waals surface area contributed by atoms with Crippen LogP contribution < -0.4 is 5.32 Å². The van der Waals surface area contributed by atoms with Crippen LogP contribution in [-0.2, 0) is 0 Å². The van der Waals surface area contributed by atoms with Crippen molar-refractivity contribution in [2.24, 2.45) is 5.92 Å². The minimum atomic E-state index is 0.462. The van der Waals surface area contributed by atoms with E-state index in [-0.39, 0.29) is 0 Å². The molecule has 0 amide bonds. The summed E-state index contributed by atoms with van der Waals surface area (Å²) in [6, 6.07) is 1.23. The first-order valence-corrected chi connectivity index (χ1v) is 5.58. The zero-order valence-electron chi connectivity index (χ0n) is 7.26. The smallest absolute Gasteiger partial charge is 0.124 e. The van der Waals surface area contributed by atoms with E-state index in [1.165, 1.54) is 19.3 Å². The lowest BCUT2D eigenvalue weighted by atomic mass is 9.80. The fraction of sp³-hybridized carbons (Fsp3) is 0.667. The number of aromatic amines is 1. The molecule has 2 fully saturated rings. The molecule has 70 valence electrons. The van der Waals surface area contributed by atoms with Gasteiger partial charge in [0.1, 0.15) is 10.4 Å². The van der Waals surface area contributed by atoms with Gasteiger partial charge in [-0.3, -0.25) is 0 Å². The molecule has 3 nitrogen and oxygen atoms in total. The van der Waals surface area contributed by atoms with Gasteiger partial charge in [-0.2, -0.15) is 0 Å². The molecular weight excluding hydrogens is 230 g/mol. The maximum Gasteiger partial charge on any atom is 0.124 e. The molecule has 2 heterocycles. The summed E-state index contributed by atoms with van der Waals surface area (Å²) in [5.74, 6) is 2.00. The number of nitrogens with zero attached hydrogens (tertiary/aromatic N) is 1. The van der Waals surface area contributed by atoms with E-state index in [0.29, 0.717) is 6.04 Å². The normalized spacial score (nSPS) is 37.2. The summed E-state index contributed by atoms with van der Waals surface area (Å²) in [5.41, 5.74) is 0. The molecular formula is C9H12BrN3. The highest BCUT2D eigenvalue weighted by molar-refractivity contribution is 9.10. The Morgan fingerprint density at radius 2 is 2.38 bits per heavy atom. The summed E-state index contributed by atoms with van der Waals surface area (Å²) in [7, 11) is 0. The molecule has 4 heteroatoms. The van der Waals surface area contributed by atoms with Gasteiger partial charge < -0.3 is 10.3 Å². The first kappa shape index (κ1) is 8.00. The van der Waals surface area contributed by atoms with Crippen molar-refractivity contribution in [3.8, 4) is 0 Å². The summed E-state index contributed by atoms with van der Waals surface area (Å²) in [6.45, 7) is 0. The van der Waals surface area contributed by atoms with E-state index < -0.39 is 0 Å². The van der Waals surface area contributed by atoms with Crippen molar-refractivity contribution in [2.75, 3.05) is 0 Å². The van der Waals surface area contributed by atoms with Crippen LogP contribution in [0, 0.1) is 5.92 Å².